The van der Waals surface area contributed by atoms with Gasteiger partial charge in [-0.25, -0.2) is 4.99 Å². The van der Waals surface area contributed by atoms with Crippen LogP contribution in [-0.4, -0.2) is 37.1 Å². The van der Waals surface area contributed by atoms with Gasteiger partial charge in [-0.2, -0.15) is 0 Å². The van der Waals surface area contributed by atoms with E-state index in [0.717, 1.165) is 37.4 Å². The molecule has 2 aromatic rings. The molecule has 136 valence electrons. The van der Waals surface area contributed by atoms with Crippen LogP contribution in [0, 0.1) is 0 Å². The second kappa shape index (κ2) is 8.45. The second-order valence-corrected chi connectivity index (χ2v) is 6.76. The fraction of sp³-hybridized carbons (Fsp3) is 0.211. The molecule has 5 nitrogen and oxygen atoms in total. The van der Waals surface area contributed by atoms with Gasteiger partial charge in [0.15, 0.2) is 0 Å². The van der Waals surface area contributed by atoms with Crippen LogP contribution < -0.4 is 16.0 Å². The number of aromatic hydroxyl groups is 1. The normalized spacial score (nSPS) is 15.6. The first-order valence-electron chi connectivity index (χ1n) is 8.29. The van der Waals surface area contributed by atoms with Crippen molar-refractivity contribution in [3.8, 4) is 5.75 Å². The molecule has 0 amide bonds. The van der Waals surface area contributed by atoms with Gasteiger partial charge in [-0.05, 0) is 48.0 Å². The number of amidine groups is 1. The van der Waals surface area contributed by atoms with E-state index in [9.17, 15) is 5.11 Å². The first kappa shape index (κ1) is 18.6. The summed E-state index contributed by atoms with van der Waals surface area (Å²) in [7, 11) is 0. The lowest BCUT2D eigenvalue weighted by molar-refractivity contribution is 0.475. The number of rotatable bonds is 4. The molecule has 0 aromatic heterocycles. The monoisotopic (exact) mass is 390 g/mol. The first-order chi connectivity index (χ1) is 12.5. The van der Waals surface area contributed by atoms with Crippen LogP contribution in [-0.2, 0) is 0 Å². The van der Waals surface area contributed by atoms with Crippen molar-refractivity contribution in [2.75, 3.05) is 31.1 Å². The zero-order valence-electron chi connectivity index (χ0n) is 14.1. The molecule has 1 aliphatic rings. The van der Waals surface area contributed by atoms with Crippen molar-refractivity contribution in [1.82, 2.24) is 5.32 Å². The molecule has 3 rings (SSSR count). The fourth-order valence-electron chi connectivity index (χ4n) is 2.70. The molecule has 26 heavy (non-hydrogen) atoms. The van der Waals surface area contributed by atoms with E-state index in [0.29, 0.717) is 16.5 Å². The Morgan fingerprint density at radius 3 is 2.58 bits per heavy atom. The average Bonchev–Trinajstić information content (AvgIpc) is 2.64. The number of hydrogen-bond donors (Lipinski definition) is 3. The fourth-order valence-corrected chi connectivity index (χ4v) is 3.11. The summed E-state index contributed by atoms with van der Waals surface area (Å²) in [5, 5.41) is 13.7. The predicted octanol–water partition coefficient (Wildman–Crippen LogP) is 3.81. The molecule has 0 bridgehead atoms. The molecule has 0 saturated carbocycles. The van der Waals surface area contributed by atoms with E-state index in [1.807, 2.05) is 18.2 Å². The van der Waals surface area contributed by atoms with Crippen molar-refractivity contribution in [1.29, 1.82) is 0 Å². The maximum atomic E-state index is 9.43. The number of phenolic OH excluding ortho intramolecular Hbond substituents is 1. The van der Waals surface area contributed by atoms with E-state index >= 15 is 0 Å². The van der Waals surface area contributed by atoms with Gasteiger partial charge in [-0.3, -0.25) is 0 Å². The Bertz CT molecular complexity index is 845. The molecule has 1 heterocycles. The molecule has 7 heteroatoms. The van der Waals surface area contributed by atoms with Gasteiger partial charge in [0.2, 0.25) is 0 Å². The minimum absolute atomic E-state index is 0.0103. The highest BCUT2D eigenvalue weighted by Crippen LogP contribution is 2.28. The quantitative estimate of drug-likeness (QED) is 0.548. The van der Waals surface area contributed by atoms with Crippen LogP contribution in [0.2, 0.25) is 10.0 Å². The van der Waals surface area contributed by atoms with Crippen LogP contribution >= 0.6 is 23.2 Å². The number of aliphatic imine (C=N–C) groups is 1. The molecular weight excluding hydrogens is 371 g/mol. The molecular formula is C19H20Cl2N4O. The topological polar surface area (TPSA) is 73.9 Å². The summed E-state index contributed by atoms with van der Waals surface area (Å²) >= 11 is 12.3. The van der Waals surface area contributed by atoms with Crippen molar-refractivity contribution >= 4 is 46.5 Å². The molecule has 0 spiro atoms. The molecule has 2 aromatic carbocycles. The van der Waals surface area contributed by atoms with Crippen LogP contribution in [0.3, 0.4) is 0 Å². The van der Waals surface area contributed by atoms with Crippen LogP contribution in [0.15, 0.2) is 47.5 Å². The Hall–Kier alpha value is -2.21. The highest BCUT2D eigenvalue weighted by Gasteiger charge is 2.11. The standard InChI is InChI=1S/C19H20Cl2N4O/c20-16-12-15(25-9-7-23-8-10-25)4-1-13(16)2-6-19(22)24-14-3-5-18(26)17(21)11-14/h1-6,11-12,23,26H,7-10H2,(H2,22,24)/b6-2+. The van der Waals surface area contributed by atoms with E-state index in [1.165, 1.54) is 6.07 Å². The van der Waals surface area contributed by atoms with Gasteiger partial charge in [0.1, 0.15) is 11.6 Å². The Morgan fingerprint density at radius 1 is 1.12 bits per heavy atom. The van der Waals surface area contributed by atoms with Gasteiger partial charge in [0.05, 0.1) is 10.7 Å². The zero-order valence-corrected chi connectivity index (χ0v) is 15.6. The third kappa shape index (κ3) is 4.69. The molecule has 1 saturated heterocycles. The zero-order chi connectivity index (χ0) is 18.5. The van der Waals surface area contributed by atoms with E-state index < -0.39 is 0 Å². The van der Waals surface area contributed by atoms with E-state index in [4.69, 9.17) is 28.9 Å². The minimum Gasteiger partial charge on any atom is -0.506 e. The summed E-state index contributed by atoms with van der Waals surface area (Å²) in [5.41, 5.74) is 8.49. The van der Waals surface area contributed by atoms with Crippen LogP contribution in [0.1, 0.15) is 5.56 Å². The highest BCUT2D eigenvalue weighted by atomic mass is 35.5. The van der Waals surface area contributed by atoms with Crippen molar-refractivity contribution < 1.29 is 5.11 Å². The third-order valence-corrected chi connectivity index (χ3v) is 4.72. The minimum atomic E-state index is 0.0103. The molecule has 1 fully saturated rings. The summed E-state index contributed by atoms with van der Waals surface area (Å²) in [6.07, 6.45) is 3.51. The Kier molecular flexibility index (Phi) is 6.04. The number of benzene rings is 2. The van der Waals surface area contributed by atoms with Crippen LogP contribution in [0.5, 0.6) is 5.75 Å². The number of phenols is 1. The Morgan fingerprint density at radius 2 is 1.88 bits per heavy atom. The smallest absolute Gasteiger partial charge is 0.134 e. The molecule has 1 aliphatic heterocycles. The largest absolute Gasteiger partial charge is 0.506 e. The maximum Gasteiger partial charge on any atom is 0.134 e. The number of nitrogens with one attached hydrogen (secondary N) is 1. The van der Waals surface area contributed by atoms with Gasteiger partial charge in [-0.1, -0.05) is 29.3 Å². The van der Waals surface area contributed by atoms with Crippen LogP contribution in [0.25, 0.3) is 6.08 Å². The van der Waals surface area contributed by atoms with Crippen molar-refractivity contribution in [2.45, 2.75) is 0 Å². The van der Waals surface area contributed by atoms with E-state index in [-0.39, 0.29) is 10.8 Å². The third-order valence-electron chi connectivity index (χ3n) is 4.09. The van der Waals surface area contributed by atoms with Gasteiger partial charge in [0, 0.05) is 36.9 Å². The second-order valence-electron chi connectivity index (χ2n) is 5.95. The molecule has 0 atom stereocenters. The summed E-state index contributed by atoms with van der Waals surface area (Å²) in [5.74, 6) is 0.324. The number of piperazine rings is 1. The molecule has 0 radical (unpaired) electrons. The first-order valence-corrected chi connectivity index (χ1v) is 9.04. The Balaban J connectivity index is 1.72. The van der Waals surface area contributed by atoms with Gasteiger partial charge in [-0.15, -0.1) is 0 Å². The number of hydrogen-bond acceptors (Lipinski definition) is 4. The summed E-state index contributed by atoms with van der Waals surface area (Å²) in [4.78, 5) is 6.56. The van der Waals surface area contributed by atoms with Gasteiger partial charge >= 0.3 is 0 Å². The molecule has 4 N–H and O–H groups in total. The molecule has 0 aliphatic carbocycles. The van der Waals surface area contributed by atoms with Crippen molar-refractivity contribution in [2.24, 2.45) is 10.7 Å². The van der Waals surface area contributed by atoms with Gasteiger partial charge in [0.25, 0.3) is 0 Å². The highest BCUT2D eigenvalue weighted by molar-refractivity contribution is 6.32. The predicted molar refractivity (Wildman–Crippen MR) is 110 cm³/mol. The summed E-state index contributed by atoms with van der Waals surface area (Å²) in [6.45, 7) is 3.90. The summed E-state index contributed by atoms with van der Waals surface area (Å²) < 4.78 is 0. The lowest BCUT2D eigenvalue weighted by atomic mass is 10.1. The van der Waals surface area contributed by atoms with Crippen molar-refractivity contribution in [3.63, 3.8) is 0 Å². The number of nitrogens with zero attached hydrogens (tertiary/aromatic N) is 2. The Labute approximate surface area is 162 Å². The lowest BCUT2D eigenvalue weighted by Crippen LogP contribution is -2.43. The van der Waals surface area contributed by atoms with Crippen LogP contribution in [0.4, 0.5) is 11.4 Å². The number of nitrogens with two attached hydrogens (primary N) is 1. The lowest BCUT2D eigenvalue weighted by Gasteiger charge is -2.29. The van der Waals surface area contributed by atoms with Gasteiger partial charge < -0.3 is 21.1 Å². The summed E-state index contributed by atoms with van der Waals surface area (Å²) in [6, 6.07) is 10.7. The number of halogens is 2. The maximum absolute atomic E-state index is 9.43. The average molecular weight is 391 g/mol. The van der Waals surface area contributed by atoms with E-state index in [1.54, 1.807) is 18.2 Å². The van der Waals surface area contributed by atoms with Crippen molar-refractivity contribution in [3.05, 3.63) is 58.1 Å². The van der Waals surface area contributed by atoms with E-state index in [2.05, 4.69) is 21.3 Å². The number of anilines is 1. The molecule has 0 unspecified atom stereocenters. The SMILES string of the molecule is NC(/C=C/c1ccc(N2CCNCC2)cc1Cl)=Nc1ccc(O)c(Cl)c1.